The number of nitrogen functional groups attached to an aromatic ring is 1. The van der Waals surface area contributed by atoms with Crippen LogP contribution in [0.5, 0.6) is 0 Å². The van der Waals surface area contributed by atoms with Crippen molar-refractivity contribution in [2.75, 3.05) is 5.73 Å². The smallest absolute Gasteiger partial charge is 0.399 e. The number of halogens is 6. The molecule has 0 amide bonds. The van der Waals surface area contributed by atoms with Crippen LogP contribution < -0.4 is 5.73 Å². The summed E-state index contributed by atoms with van der Waals surface area (Å²) in [5.41, 5.74) is 5.62. The van der Waals surface area contributed by atoms with Crippen LogP contribution in [-0.4, -0.2) is 19.7 Å². The molecule has 0 bridgehead atoms. The van der Waals surface area contributed by atoms with Gasteiger partial charge < -0.3 is 5.73 Å². The molecule has 5 nitrogen and oxygen atoms in total. The molecule has 2 heterocycles. The Bertz CT molecular complexity index is 1010. The van der Waals surface area contributed by atoms with Gasteiger partial charge in [0, 0.05) is 23.6 Å². The van der Waals surface area contributed by atoms with Gasteiger partial charge >= 0.3 is 12.4 Å². The van der Waals surface area contributed by atoms with E-state index >= 15 is 0 Å². The van der Waals surface area contributed by atoms with E-state index in [0.29, 0.717) is 22.9 Å². The predicted molar refractivity (Wildman–Crippen MR) is 88.0 cm³/mol. The molecule has 2 N–H and O–H groups in total. The van der Waals surface area contributed by atoms with Gasteiger partial charge in [-0.25, -0.2) is 9.67 Å². The molecule has 0 fully saturated rings. The molecule has 0 radical (unpaired) electrons. The van der Waals surface area contributed by atoms with Crippen molar-refractivity contribution in [1.29, 1.82) is 0 Å². The van der Waals surface area contributed by atoms with Crippen molar-refractivity contribution < 1.29 is 26.3 Å². The molecule has 11 heteroatoms. The van der Waals surface area contributed by atoms with E-state index < -0.39 is 35.1 Å². The molecule has 0 aliphatic rings. The lowest BCUT2D eigenvalue weighted by Crippen LogP contribution is -2.11. The normalized spacial score (nSPS) is 12.4. The van der Waals surface area contributed by atoms with Gasteiger partial charge in [-0.05, 0) is 30.2 Å². The van der Waals surface area contributed by atoms with Crippen LogP contribution in [0.15, 0.2) is 36.7 Å². The fraction of sp³-hybridized carbons (Fsp3) is 0.235. The molecule has 0 atom stereocenters. The van der Waals surface area contributed by atoms with E-state index in [-0.39, 0.29) is 6.54 Å². The van der Waals surface area contributed by atoms with E-state index in [1.165, 1.54) is 0 Å². The summed E-state index contributed by atoms with van der Waals surface area (Å²) < 4.78 is 80.0. The van der Waals surface area contributed by atoms with Gasteiger partial charge in [0.2, 0.25) is 0 Å². The van der Waals surface area contributed by atoms with Crippen LogP contribution in [0.25, 0.3) is 11.4 Å². The van der Waals surface area contributed by atoms with Crippen molar-refractivity contribution in [2.24, 2.45) is 0 Å². The summed E-state index contributed by atoms with van der Waals surface area (Å²) in [5, 5.41) is 3.38. The second kappa shape index (κ2) is 6.80. The van der Waals surface area contributed by atoms with E-state index in [1.807, 2.05) is 0 Å². The average molecular weight is 401 g/mol. The number of nitrogens with two attached hydrogens (primary N) is 1. The second-order valence-corrected chi connectivity index (χ2v) is 6.02. The minimum Gasteiger partial charge on any atom is -0.399 e. The van der Waals surface area contributed by atoms with Crippen LogP contribution in [0.4, 0.5) is 32.0 Å². The maximum absolute atomic E-state index is 13.3. The van der Waals surface area contributed by atoms with Gasteiger partial charge in [-0.2, -0.15) is 26.3 Å². The van der Waals surface area contributed by atoms with Crippen molar-refractivity contribution in [3.8, 4) is 11.4 Å². The van der Waals surface area contributed by atoms with Crippen molar-refractivity contribution in [3.05, 3.63) is 59.2 Å². The highest BCUT2D eigenvalue weighted by molar-refractivity contribution is 5.60. The monoisotopic (exact) mass is 401 g/mol. The van der Waals surface area contributed by atoms with Crippen LogP contribution in [0.1, 0.15) is 22.5 Å². The largest absolute Gasteiger partial charge is 0.453 e. The van der Waals surface area contributed by atoms with Crippen molar-refractivity contribution in [3.63, 3.8) is 0 Å². The molecular weight excluding hydrogens is 388 g/mol. The number of benzene rings is 1. The van der Waals surface area contributed by atoms with Gasteiger partial charge in [0.15, 0.2) is 5.82 Å². The molecule has 3 aromatic rings. The van der Waals surface area contributed by atoms with Gasteiger partial charge in [-0.15, -0.1) is 5.10 Å². The number of hydrogen-bond acceptors (Lipinski definition) is 4. The molecule has 0 spiro atoms. The Hall–Kier alpha value is -3.11. The Morgan fingerprint density at radius 1 is 1.04 bits per heavy atom. The van der Waals surface area contributed by atoms with Crippen molar-refractivity contribution in [1.82, 2.24) is 19.7 Å². The minimum atomic E-state index is -4.92. The number of hydrogen-bond donors (Lipinski definition) is 1. The zero-order valence-electron chi connectivity index (χ0n) is 14.3. The first-order valence-electron chi connectivity index (χ1n) is 7.85. The lowest BCUT2D eigenvalue weighted by molar-refractivity contribution is -0.145. The summed E-state index contributed by atoms with van der Waals surface area (Å²) in [6, 6.07) is 5.39. The summed E-state index contributed by atoms with van der Waals surface area (Å²) in [7, 11) is 0. The minimum absolute atomic E-state index is 0.230. The number of pyridine rings is 1. The fourth-order valence-corrected chi connectivity index (χ4v) is 2.60. The maximum Gasteiger partial charge on any atom is 0.453 e. The molecule has 0 aliphatic heterocycles. The third kappa shape index (κ3) is 3.92. The van der Waals surface area contributed by atoms with Crippen LogP contribution in [-0.2, 0) is 18.9 Å². The lowest BCUT2D eigenvalue weighted by Gasteiger charge is -2.13. The van der Waals surface area contributed by atoms with Crippen LogP contribution in [0, 0.1) is 6.92 Å². The first kappa shape index (κ1) is 19.6. The first-order chi connectivity index (χ1) is 13.0. The SMILES string of the molecule is Cc1cc(Cn2nc(C(F)(F)F)nc2-c2cnccc2C(F)(F)F)ccc1N. The van der Waals surface area contributed by atoms with E-state index in [2.05, 4.69) is 15.1 Å². The predicted octanol–water partition coefficient (Wildman–Crippen LogP) is 4.32. The summed E-state index contributed by atoms with van der Waals surface area (Å²) in [5.74, 6) is -2.12. The third-order valence-corrected chi connectivity index (χ3v) is 3.96. The number of rotatable bonds is 3. The van der Waals surface area contributed by atoms with E-state index in [4.69, 9.17) is 5.73 Å². The molecule has 0 aliphatic carbocycles. The van der Waals surface area contributed by atoms with Crippen molar-refractivity contribution >= 4 is 5.69 Å². The van der Waals surface area contributed by atoms with Crippen molar-refractivity contribution in [2.45, 2.75) is 25.8 Å². The van der Waals surface area contributed by atoms with Gasteiger partial charge in [0.05, 0.1) is 12.1 Å². The highest BCUT2D eigenvalue weighted by Crippen LogP contribution is 2.37. The molecule has 0 unspecified atom stereocenters. The molecule has 1 aromatic carbocycles. The zero-order chi connectivity index (χ0) is 20.7. The molecule has 0 saturated heterocycles. The van der Waals surface area contributed by atoms with Gasteiger partial charge in [0.1, 0.15) is 0 Å². The number of aromatic nitrogens is 4. The first-order valence-corrected chi connectivity index (χ1v) is 7.85. The van der Waals surface area contributed by atoms with E-state index in [1.54, 1.807) is 25.1 Å². The Morgan fingerprint density at radius 2 is 1.75 bits per heavy atom. The second-order valence-electron chi connectivity index (χ2n) is 6.02. The number of nitrogens with zero attached hydrogens (tertiary/aromatic N) is 4. The quantitative estimate of drug-likeness (QED) is 0.524. The van der Waals surface area contributed by atoms with E-state index in [9.17, 15) is 26.3 Å². The fourth-order valence-electron chi connectivity index (χ4n) is 2.60. The van der Waals surface area contributed by atoms with E-state index in [0.717, 1.165) is 17.1 Å². The molecule has 0 saturated carbocycles. The lowest BCUT2D eigenvalue weighted by atomic mass is 10.1. The van der Waals surface area contributed by atoms with Gasteiger partial charge in [0.25, 0.3) is 5.82 Å². The average Bonchev–Trinajstić information content (AvgIpc) is 3.01. The highest BCUT2D eigenvalue weighted by atomic mass is 19.4. The van der Waals surface area contributed by atoms with Crippen LogP contribution >= 0.6 is 0 Å². The van der Waals surface area contributed by atoms with Crippen LogP contribution in [0.2, 0.25) is 0 Å². The Morgan fingerprint density at radius 3 is 2.36 bits per heavy atom. The van der Waals surface area contributed by atoms with Gasteiger partial charge in [-0.3, -0.25) is 4.98 Å². The van der Waals surface area contributed by atoms with Crippen LogP contribution in [0.3, 0.4) is 0 Å². The zero-order valence-corrected chi connectivity index (χ0v) is 14.3. The number of aryl methyl sites for hydroxylation is 1. The van der Waals surface area contributed by atoms with Gasteiger partial charge in [-0.1, -0.05) is 12.1 Å². The summed E-state index contributed by atoms with van der Waals surface area (Å²) in [4.78, 5) is 6.93. The summed E-state index contributed by atoms with van der Waals surface area (Å²) in [6.45, 7) is 1.47. The number of alkyl halides is 6. The molecule has 28 heavy (non-hydrogen) atoms. The summed E-state index contributed by atoms with van der Waals surface area (Å²) in [6.07, 6.45) is -8.00. The molecule has 2 aromatic heterocycles. The molecular formula is C17H13F6N5. The highest BCUT2D eigenvalue weighted by Gasteiger charge is 2.39. The Kier molecular flexibility index (Phi) is 4.77. The topological polar surface area (TPSA) is 69.6 Å². The maximum atomic E-state index is 13.3. The number of anilines is 1. The Labute approximate surface area is 154 Å². The standard InChI is InChI=1S/C17H13F6N5/c1-9-6-10(2-3-13(9)24)8-28-14(26-15(27-28)17(21,22)23)11-7-25-5-4-12(11)16(18,19)20/h2-7H,8,24H2,1H3. The Balaban J connectivity index is 2.16. The molecule has 148 valence electrons. The molecule has 3 rings (SSSR count). The third-order valence-electron chi connectivity index (χ3n) is 3.96. The summed E-state index contributed by atoms with van der Waals surface area (Å²) >= 11 is 0.